The predicted molar refractivity (Wildman–Crippen MR) is 103 cm³/mol. The van der Waals surface area contributed by atoms with Gasteiger partial charge in [0.25, 0.3) is 0 Å². The van der Waals surface area contributed by atoms with Crippen LogP contribution in [0, 0.1) is 0 Å². The van der Waals surface area contributed by atoms with Crippen LogP contribution in [0.5, 0.6) is 0 Å². The average molecular weight is 362 g/mol. The maximum absolute atomic E-state index is 5.50. The molecule has 7 heteroatoms. The lowest BCUT2D eigenvalue weighted by Gasteiger charge is -2.34. The molecule has 1 saturated heterocycles. The van der Waals surface area contributed by atoms with Crippen LogP contribution in [0.25, 0.3) is 11.3 Å². The summed E-state index contributed by atoms with van der Waals surface area (Å²) >= 11 is 0. The molecule has 0 radical (unpaired) electrons. The molecule has 0 bridgehead atoms. The minimum Gasteiger partial charge on any atom is -0.379 e. The maximum atomic E-state index is 5.50. The number of nitrogens with one attached hydrogen (secondary N) is 1. The van der Waals surface area contributed by atoms with Gasteiger partial charge in [-0.2, -0.15) is 0 Å². The van der Waals surface area contributed by atoms with E-state index in [0.717, 1.165) is 37.6 Å². The summed E-state index contributed by atoms with van der Waals surface area (Å²) in [5.74, 6) is 0.610. The van der Waals surface area contributed by atoms with Gasteiger partial charge in [-0.05, 0) is 29.8 Å². The van der Waals surface area contributed by atoms with Crippen molar-refractivity contribution in [2.75, 3.05) is 38.2 Å². The van der Waals surface area contributed by atoms with Gasteiger partial charge in [0.2, 0.25) is 5.95 Å². The second-order valence-corrected chi connectivity index (χ2v) is 6.34. The molecule has 0 amide bonds. The molecule has 27 heavy (non-hydrogen) atoms. The third kappa shape index (κ3) is 4.45. The van der Waals surface area contributed by atoms with Crippen molar-refractivity contribution in [3.8, 4) is 11.3 Å². The van der Waals surface area contributed by atoms with E-state index in [1.54, 1.807) is 24.8 Å². The Bertz CT molecular complexity index is 839. The minimum atomic E-state index is 0.188. The van der Waals surface area contributed by atoms with E-state index >= 15 is 0 Å². The Hall–Kier alpha value is -2.90. The number of aromatic nitrogens is 4. The van der Waals surface area contributed by atoms with Gasteiger partial charge in [0.15, 0.2) is 0 Å². The van der Waals surface area contributed by atoms with Gasteiger partial charge in [-0.1, -0.05) is 6.07 Å². The lowest BCUT2D eigenvalue weighted by molar-refractivity contribution is 0.0186. The largest absolute Gasteiger partial charge is 0.379 e. The zero-order chi connectivity index (χ0) is 18.3. The van der Waals surface area contributed by atoms with E-state index in [0.29, 0.717) is 12.5 Å². The first kappa shape index (κ1) is 17.5. The summed E-state index contributed by atoms with van der Waals surface area (Å²) < 4.78 is 5.50. The van der Waals surface area contributed by atoms with Gasteiger partial charge in [0.05, 0.1) is 24.9 Å². The monoisotopic (exact) mass is 362 g/mol. The van der Waals surface area contributed by atoms with Gasteiger partial charge in [-0.25, -0.2) is 9.97 Å². The van der Waals surface area contributed by atoms with E-state index in [4.69, 9.17) is 4.74 Å². The summed E-state index contributed by atoms with van der Waals surface area (Å²) in [5, 5.41) is 3.40. The molecule has 0 aliphatic carbocycles. The highest BCUT2D eigenvalue weighted by molar-refractivity contribution is 5.58. The Kier molecular flexibility index (Phi) is 5.61. The number of morpholine rings is 1. The Labute approximate surface area is 158 Å². The average Bonchev–Trinajstić information content (AvgIpc) is 2.76. The minimum absolute atomic E-state index is 0.188. The van der Waals surface area contributed by atoms with Crippen molar-refractivity contribution in [2.45, 2.75) is 6.04 Å². The van der Waals surface area contributed by atoms with Crippen LogP contribution in [-0.4, -0.2) is 57.7 Å². The van der Waals surface area contributed by atoms with Crippen LogP contribution in [0.15, 0.2) is 61.3 Å². The molecular formula is C20H22N6O. The molecule has 138 valence electrons. The number of hydrogen-bond donors (Lipinski definition) is 1. The summed E-state index contributed by atoms with van der Waals surface area (Å²) in [6.45, 7) is 4.01. The molecule has 4 rings (SSSR count). The Balaban J connectivity index is 1.51. The van der Waals surface area contributed by atoms with E-state index in [1.807, 2.05) is 30.5 Å². The molecule has 1 aliphatic heterocycles. The topological polar surface area (TPSA) is 76.1 Å². The van der Waals surface area contributed by atoms with Gasteiger partial charge in [0, 0.05) is 56.2 Å². The van der Waals surface area contributed by atoms with Crippen LogP contribution in [0.4, 0.5) is 5.95 Å². The number of nitrogens with zero attached hydrogens (tertiary/aromatic N) is 5. The summed E-state index contributed by atoms with van der Waals surface area (Å²) in [5.41, 5.74) is 3.00. The van der Waals surface area contributed by atoms with Gasteiger partial charge >= 0.3 is 0 Å². The number of anilines is 1. The highest BCUT2D eigenvalue weighted by Gasteiger charge is 2.23. The van der Waals surface area contributed by atoms with Gasteiger partial charge in [-0.3, -0.25) is 14.9 Å². The smallest absolute Gasteiger partial charge is 0.223 e. The van der Waals surface area contributed by atoms with Crippen LogP contribution < -0.4 is 5.32 Å². The first-order valence-corrected chi connectivity index (χ1v) is 9.09. The van der Waals surface area contributed by atoms with Crippen molar-refractivity contribution in [2.24, 2.45) is 0 Å². The third-order valence-electron chi connectivity index (χ3n) is 4.62. The van der Waals surface area contributed by atoms with Crippen molar-refractivity contribution in [3.63, 3.8) is 0 Å². The second kappa shape index (κ2) is 8.66. The number of rotatable bonds is 6. The normalized spacial score (nSPS) is 16.0. The molecule has 1 aliphatic rings. The molecule has 0 saturated carbocycles. The van der Waals surface area contributed by atoms with Crippen molar-refractivity contribution >= 4 is 5.95 Å². The molecule has 0 aromatic carbocycles. The van der Waals surface area contributed by atoms with Crippen molar-refractivity contribution in [3.05, 3.63) is 66.9 Å². The van der Waals surface area contributed by atoms with Gasteiger partial charge in [0.1, 0.15) is 0 Å². The van der Waals surface area contributed by atoms with Crippen molar-refractivity contribution < 1.29 is 4.74 Å². The van der Waals surface area contributed by atoms with Gasteiger partial charge in [-0.15, -0.1) is 0 Å². The molecule has 3 aromatic rings. The predicted octanol–water partition coefficient (Wildman–Crippen LogP) is 2.42. The molecule has 0 unspecified atom stereocenters. The maximum Gasteiger partial charge on any atom is 0.223 e. The SMILES string of the molecule is c1cncc(-c2ccnc(NC[C@@H](c3cccnc3)N3CCOCC3)n2)c1. The summed E-state index contributed by atoms with van der Waals surface area (Å²) in [6.07, 6.45) is 9.05. The van der Waals surface area contributed by atoms with Crippen molar-refractivity contribution in [1.82, 2.24) is 24.8 Å². The fourth-order valence-electron chi connectivity index (χ4n) is 3.23. The number of hydrogen-bond acceptors (Lipinski definition) is 7. The first-order valence-electron chi connectivity index (χ1n) is 9.09. The second-order valence-electron chi connectivity index (χ2n) is 6.34. The molecule has 7 nitrogen and oxygen atoms in total. The summed E-state index contributed by atoms with van der Waals surface area (Å²) in [7, 11) is 0. The fraction of sp³-hybridized carbons (Fsp3) is 0.300. The third-order valence-corrected chi connectivity index (χ3v) is 4.62. The van der Waals surface area contributed by atoms with Crippen LogP contribution in [0.3, 0.4) is 0 Å². The van der Waals surface area contributed by atoms with Crippen LogP contribution >= 0.6 is 0 Å². The van der Waals surface area contributed by atoms with Crippen LogP contribution in [-0.2, 0) is 4.74 Å². The molecule has 0 spiro atoms. The van der Waals surface area contributed by atoms with E-state index in [1.165, 1.54) is 5.56 Å². The molecular weight excluding hydrogens is 340 g/mol. The fourth-order valence-corrected chi connectivity index (χ4v) is 3.23. The van der Waals surface area contributed by atoms with E-state index in [2.05, 4.69) is 36.2 Å². The summed E-state index contributed by atoms with van der Waals surface area (Å²) in [6, 6.07) is 10.1. The number of ether oxygens (including phenoxy) is 1. The highest BCUT2D eigenvalue weighted by atomic mass is 16.5. The molecule has 4 heterocycles. The highest BCUT2D eigenvalue weighted by Crippen LogP contribution is 2.22. The summed E-state index contributed by atoms with van der Waals surface area (Å²) in [4.78, 5) is 19.9. The molecule has 1 N–H and O–H groups in total. The van der Waals surface area contributed by atoms with Crippen LogP contribution in [0.2, 0.25) is 0 Å². The zero-order valence-corrected chi connectivity index (χ0v) is 15.0. The van der Waals surface area contributed by atoms with E-state index in [9.17, 15) is 0 Å². The molecule has 1 fully saturated rings. The Morgan fingerprint density at radius 3 is 2.56 bits per heavy atom. The molecule has 1 atom stereocenters. The quantitative estimate of drug-likeness (QED) is 0.722. The lowest BCUT2D eigenvalue weighted by Crippen LogP contribution is -2.41. The van der Waals surface area contributed by atoms with E-state index in [-0.39, 0.29) is 6.04 Å². The standard InChI is InChI=1S/C20H22N6O/c1-3-16(13-21-6-1)18-5-8-23-20(25-18)24-15-19(17-4-2-7-22-14-17)26-9-11-27-12-10-26/h1-8,13-14,19H,9-12,15H2,(H,23,24,25)/t19-/m0/s1. The van der Waals surface area contributed by atoms with E-state index < -0.39 is 0 Å². The Morgan fingerprint density at radius 1 is 1.00 bits per heavy atom. The molecule has 3 aromatic heterocycles. The first-order chi connectivity index (χ1) is 13.4. The van der Waals surface area contributed by atoms with Crippen molar-refractivity contribution in [1.29, 1.82) is 0 Å². The van der Waals surface area contributed by atoms with Crippen LogP contribution in [0.1, 0.15) is 11.6 Å². The van der Waals surface area contributed by atoms with Gasteiger partial charge < -0.3 is 10.1 Å². The zero-order valence-electron chi connectivity index (χ0n) is 15.0. The number of pyridine rings is 2. The lowest BCUT2D eigenvalue weighted by atomic mass is 10.1. The Morgan fingerprint density at radius 2 is 1.81 bits per heavy atom.